The summed E-state index contributed by atoms with van der Waals surface area (Å²) >= 11 is 0. The van der Waals surface area contributed by atoms with Crippen LogP contribution in [0, 0.1) is 11.8 Å². The van der Waals surface area contributed by atoms with Crippen LogP contribution >= 0.6 is 0 Å². The number of rotatable bonds is 4. The molecule has 1 aliphatic heterocycles. The summed E-state index contributed by atoms with van der Waals surface area (Å²) in [4.78, 5) is 14.7. The zero-order valence-corrected chi connectivity index (χ0v) is 14.7. The molecule has 3 atom stereocenters. The van der Waals surface area contributed by atoms with Crippen LogP contribution < -0.4 is 5.32 Å². The molecule has 4 heteroatoms. The molecular weight excluding hydrogens is 300 g/mol. The first-order valence-electron chi connectivity index (χ1n) is 9.43. The minimum atomic E-state index is -0.347. The lowest BCUT2D eigenvalue weighted by Crippen LogP contribution is -2.49. The molecule has 1 aromatic carbocycles. The average molecular weight is 330 g/mol. The third-order valence-electron chi connectivity index (χ3n) is 5.74. The third-order valence-corrected chi connectivity index (χ3v) is 5.74. The molecule has 2 aliphatic rings. The van der Waals surface area contributed by atoms with Gasteiger partial charge in [0.15, 0.2) is 0 Å². The summed E-state index contributed by atoms with van der Waals surface area (Å²) in [7, 11) is 0. The number of hydrogen-bond acceptors (Lipinski definition) is 2. The standard InChI is InChI=1S/C20H30N2O2/c1-15(23)18-12-7-13-22(14-18)20(24)21-19(17-10-5-6-11-17)16-8-3-2-4-9-16/h2-4,8-9,15,17-19,23H,5-7,10-14H2,1H3,(H,21,24). The van der Waals surface area contributed by atoms with E-state index in [1.54, 1.807) is 0 Å². The van der Waals surface area contributed by atoms with Crippen molar-refractivity contribution in [2.24, 2.45) is 11.8 Å². The van der Waals surface area contributed by atoms with Gasteiger partial charge in [-0.2, -0.15) is 0 Å². The highest BCUT2D eigenvalue weighted by Gasteiger charge is 2.31. The first kappa shape index (κ1) is 17.3. The Bertz CT molecular complexity index is 526. The molecule has 3 rings (SSSR count). The van der Waals surface area contributed by atoms with Crippen LogP contribution in [0.4, 0.5) is 4.79 Å². The maximum absolute atomic E-state index is 12.8. The molecule has 132 valence electrons. The Morgan fingerprint density at radius 2 is 1.79 bits per heavy atom. The predicted octanol–water partition coefficient (Wildman–Crippen LogP) is 3.72. The van der Waals surface area contributed by atoms with Crippen LogP contribution in [0.25, 0.3) is 0 Å². The fourth-order valence-corrected chi connectivity index (χ4v) is 4.24. The summed E-state index contributed by atoms with van der Waals surface area (Å²) in [6.07, 6.45) is 6.54. The summed E-state index contributed by atoms with van der Waals surface area (Å²) in [6.45, 7) is 3.29. The van der Waals surface area contributed by atoms with E-state index in [0.717, 1.165) is 19.4 Å². The number of piperidine rings is 1. The Labute approximate surface area is 145 Å². The molecule has 4 nitrogen and oxygen atoms in total. The van der Waals surface area contributed by atoms with Crippen LogP contribution in [-0.4, -0.2) is 35.2 Å². The number of likely N-dealkylation sites (tertiary alicyclic amines) is 1. The van der Waals surface area contributed by atoms with Crippen molar-refractivity contribution < 1.29 is 9.90 Å². The van der Waals surface area contributed by atoms with Crippen LogP contribution in [0.3, 0.4) is 0 Å². The minimum Gasteiger partial charge on any atom is -0.393 e. The number of nitrogens with zero attached hydrogens (tertiary/aromatic N) is 1. The normalized spacial score (nSPS) is 24.6. The first-order valence-corrected chi connectivity index (χ1v) is 9.43. The van der Waals surface area contributed by atoms with E-state index in [9.17, 15) is 9.90 Å². The van der Waals surface area contributed by atoms with E-state index in [-0.39, 0.29) is 24.1 Å². The van der Waals surface area contributed by atoms with Gasteiger partial charge in [-0.3, -0.25) is 0 Å². The number of urea groups is 1. The van der Waals surface area contributed by atoms with Crippen LogP contribution in [0.2, 0.25) is 0 Å². The summed E-state index contributed by atoms with van der Waals surface area (Å²) < 4.78 is 0. The van der Waals surface area contributed by atoms with E-state index < -0.39 is 0 Å². The highest BCUT2D eigenvalue weighted by molar-refractivity contribution is 5.75. The highest BCUT2D eigenvalue weighted by atomic mass is 16.3. The number of carbonyl (C=O) groups excluding carboxylic acids is 1. The van der Waals surface area contributed by atoms with Crippen molar-refractivity contribution in [1.82, 2.24) is 10.2 Å². The highest BCUT2D eigenvalue weighted by Crippen LogP contribution is 2.36. The van der Waals surface area contributed by atoms with E-state index in [1.165, 1.54) is 31.2 Å². The lowest BCUT2D eigenvalue weighted by Gasteiger charge is -2.36. The molecule has 2 N–H and O–H groups in total. The first-order chi connectivity index (χ1) is 11.6. The number of benzene rings is 1. The smallest absolute Gasteiger partial charge is 0.317 e. The van der Waals surface area contributed by atoms with Crippen molar-refractivity contribution in [2.75, 3.05) is 13.1 Å². The van der Waals surface area contributed by atoms with E-state index in [2.05, 4.69) is 17.4 Å². The van der Waals surface area contributed by atoms with Gasteiger partial charge < -0.3 is 15.3 Å². The molecule has 0 spiro atoms. The fraction of sp³-hybridized carbons (Fsp3) is 0.650. The third kappa shape index (κ3) is 4.10. The Balaban J connectivity index is 1.69. The quantitative estimate of drug-likeness (QED) is 0.884. The van der Waals surface area contributed by atoms with Gasteiger partial charge in [0.25, 0.3) is 0 Å². The van der Waals surface area contributed by atoms with Gasteiger partial charge in [-0.25, -0.2) is 4.79 Å². The monoisotopic (exact) mass is 330 g/mol. The van der Waals surface area contributed by atoms with E-state index in [1.807, 2.05) is 30.0 Å². The molecular formula is C20H30N2O2. The summed E-state index contributed by atoms with van der Waals surface area (Å²) in [5.41, 5.74) is 1.21. The van der Waals surface area contributed by atoms with Gasteiger partial charge in [-0.1, -0.05) is 43.2 Å². The summed E-state index contributed by atoms with van der Waals surface area (Å²) in [6, 6.07) is 10.5. The van der Waals surface area contributed by atoms with Gasteiger partial charge in [-0.15, -0.1) is 0 Å². The molecule has 1 aliphatic carbocycles. The molecule has 0 bridgehead atoms. The van der Waals surface area contributed by atoms with E-state index >= 15 is 0 Å². The maximum atomic E-state index is 12.8. The number of carbonyl (C=O) groups is 1. The van der Waals surface area contributed by atoms with Crippen molar-refractivity contribution in [3.63, 3.8) is 0 Å². The lowest BCUT2D eigenvalue weighted by atomic mass is 9.91. The Morgan fingerprint density at radius 3 is 2.46 bits per heavy atom. The molecule has 1 heterocycles. The van der Waals surface area contributed by atoms with Crippen molar-refractivity contribution in [1.29, 1.82) is 0 Å². The van der Waals surface area contributed by atoms with Crippen LogP contribution in [0.1, 0.15) is 57.1 Å². The van der Waals surface area contributed by atoms with Gasteiger partial charge in [-0.05, 0) is 44.1 Å². The summed E-state index contributed by atoms with van der Waals surface area (Å²) in [5.74, 6) is 0.736. The molecule has 1 saturated heterocycles. The SMILES string of the molecule is CC(O)C1CCCN(C(=O)NC(c2ccccc2)C2CCCC2)C1. The van der Waals surface area contributed by atoms with Gasteiger partial charge >= 0.3 is 6.03 Å². The molecule has 1 saturated carbocycles. The van der Waals surface area contributed by atoms with Crippen molar-refractivity contribution >= 4 is 6.03 Å². The van der Waals surface area contributed by atoms with Gasteiger partial charge in [0.05, 0.1) is 12.1 Å². The van der Waals surface area contributed by atoms with Crippen LogP contribution in [0.15, 0.2) is 30.3 Å². The van der Waals surface area contributed by atoms with Gasteiger partial charge in [0, 0.05) is 19.0 Å². The summed E-state index contributed by atoms with van der Waals surface area (Å²) in [5, 5.41) is 13.2. The number of hydrogen-bond donors (Lipinski definition) is 2. The maximum Gasteiger partial charge on any atom is 0.317 e. The van der Waals surface area contributed by atoms with E-state index in [4.69, 9.17) is 0 Å². The predicted molar refractivity (Wildman–Crippen MR) is 95.7 cm³/mol. The number of aliphatic hydroxyl groups excluding tert-OH is 1. The molecule has 2 fully saturated rings. The molecule has 2 amide bonds. The second-order valence-electron chi connectivity index (χ2n) is 7.47. The molecule has 0 aromatic heterocycles. The molecule has 3 unspecified atom stereocenters. The molecule has 1 aromatic rings. The van der Waals surface area contributed by atoms with Gasteiger partial charge in [0.2, 0.25) is 0 Å². The molecule has 0 radical (unpaired) electrons. The topological polar surface area (TPSA) is 52.6 Å². The number of aliphatic hydroxyl groups is 1. The van der Waals surface area contributed by atoms with Crippen LogP contribution in [-0.2, 0) is 0 Å². The fourth-order valence-electron chi connectivity index (χ4n) is 4.24. The van der Waals surface area contributed by atoms with Gasteiger partial charge in [0.1, 0.15) is 0 Å². The van der Waals surface area contributed by atoms with Crippen LogP contribution in [0.5, 0.6) is 0 Å². The second-order valence-corrected chi connectivity index (χ2v) is 7.47. The van der Waals surface area contributed by atoms with Crippen molar-refractivity contribution in [3.05, 3.63) is 35.9 Å². The zero-order valence-electron chi connectivity index (χ0n) is 14.7. The zero-order chi connectivity index (χ0) is 16.9. The Kier molecular flexibility index (Phi) is 5.77. The average Bonchev–Trinajstić information content (AvgIpc) is 3.14. The molecule has 24 heavy (non-hydrogen) atoms. The largest absolute Gasteiger partial charge is 0.393 e. The number of nitrogens with one attached hydrogen (secondary N) is 1. The Hall–Kier alpha value is -1.55. The minimum absolute atomic E-state index is 0.0288. The lowest BCUT2D eigenvalue weighted by molar-refractivity contribution is 0.0727. The van der Waals surface area contributed by atoms with E-state index in [0.29, 0.717) is 12.5 Å². The second kappa shape index (κ2) is 8.02. The Morgan fingerprint density at radius 1 is 1.12 bits per heavy atom. The van der Waals surface area contributed by atoms with Crippen molar-refractivity contribution in [3.8, 4) is 0 Å². The van der Waals surface area contributed by atoms with Crippen molar-refractivity contribution in [2.45, 2.75) is 57.6 Å². The number of amides is 2.